The number of carbonyl (C=O) groups is 2. The van der Waals surface area contributed by atoms with E-state index in [9.17, 15) is 35.9 Å². The highest BCUT2D eigenvalue weighted by molar-refractivity contribution is 5.96. The Labute approximate surface area is 153 Å². The first kappa shape index (κ1) is 19.7. The second kappa shape index (κ2) is 6.84. The van der Waals surface area contributed by atoms with Crippen molar-refractivity contribution in [2.24, 2.45) is 0 Å². The van der Waals surface area contributed by atoms with Crippen molar-refractivity contribution in [3.8, 4) is 5.69 Å². The lowest BCUT2D eigenvalue weighted by molar-refractivity contribution is -0.146. The van der Waals surface area contributed by atoms with E-state index in [2.05, 4.69) is 10.4 Å². The Kier molecular flexibility index (Phi) is 4.81. The maximum absolute atomic E-state index is 13.1. The second-order valence-corrected chi connectivity index (χ2v) is 5.88. The van der Waals surface area contributed by atoms with Crippen LogP contribution in [0.25, 0.3) is 5.69 Å². The average molecular weight is 407 g/mol. The molecule has 28 heavy (non-hydrogen) atoms. The number of aromatic nitrogens is 2. The highest BCUT2D eigenvalue weighted by atomic mass is 19.4. The zero-order valence-corrected chi connectivity index (χ0v) is 13.8. The molecule has 2 heterocycles. The molecule has 2 aromatic rings. The van der Waals surface area contributed by atoms with Gasteiger partial charge in [-0.25, -0.2) is 4.68 Å². The largest absolute Gasteiger partial charge is 0.452 e. The molecule has 3 rings (SSSR count). The number of nitrogens with zero attached hydrogens (tertiary/aromatic N) is 2. The number of halogens is 6. The summed E-state index contributed by atoms with van der Waals surface area (Å²) in [7, 11) is 0. The molecular formula is C16H11F6N3O3. The smallest absolute Gasteiger partial charge is 0.435 e. The zero-order valence-electron chi connectivity index (χ0n) is 13.8. The molecule has 0 unspecified atom stereocenters. The highest BCUT2D eigenvalue weighted by Crippen LogP contribution is 2.36. The summed E-state index contributed by atoms with van der Waals surface area (Å²) in [5.74, 6) is -1.14. The van der Waals surface area contributed by atoms with Gasteiger partial charge in [-0.05, 0) is 24.3 Å². The fraction of sp³-hybridized carbons (Fsp3) is 0.312. The number of cyclic esters (lactones) is 1. The van der Waals surface area contributed by atoms with Gasteiger partial charge in [0.15, 0.2) is 11.8 Å². The van der Waals surface area contributed by atoms with Gasteiger partial charge in [0.1, 0.15) is 5.69 Å². The summed E-state index contributed by atoms with van der Waals surface area (Å²) >= 11 is 0. The van der Waals surface area contributed by atoms with Crippen LogP contribution in [0.3, 0.4) is 0 Å². The molecule has 0 radical (unpaired) electrons. The number of esters is 1. The predicted octanol–water partition coefficient (Wildman–Crippen LogP) is 3.55. The molecule has 12 heteroatoms. The number of nitrogens with one attached hydrogen (secondary N) is 1. The molecule has 6 nitrogen and oxygen atoms in total. The predicted molar refractivity (Wildman–Crippen MR) is 81.3 cm³/mol. The number of benzene rings is 1. The van der Waals surface area contributed by atoms with Gasteiger partial charge in [-0.2, -0.15) is 31.4 Å². The molecule has 1 saturated heterocycles. The van der Waals surface area contributed by atoms with Crippen molar-refractivity contribution < 1.29 is 40.7 Å². The third kappa shape index (κ3) is 4.10. The lowest BCUT2D eigenvalue weighted by atomic mass is 10.2. The number of amides is 1. The number of anilines is 1. The first-order chi connectivity index (χ1) is 12.9. The van der Waals surface area contributed by atoms with E-state index in [1.165, 1.54) is 12.1 Å². The Balaban J connectivity index is 1.84. The van der Waals surface area contributed by atoms with Crippen molar-refractivity contribution in [3.63, 3.8) is 0 Å². The number of alkyl halides is 6. The van der Waals surface area contributed by atoms with E-state index < -0.39 is 41.7 Å². The molecule has 1 aliphatic heterocycles. The van der Waals surface area contributed by atoms with Crippen molar-refractivity contribution in [2.45, 2.75) is 31.3 Å². The monoisotopic (exact) mass is 407 g/mol. The molecule has 1 N–H and O–H groups in total. The maximum atomic E-state index is 13.1. The zero-order chi connectivity index (χ0) is 20.7. The number of hydrogen-bond donors (Lipinski definition) is 1. The molecule has 1 fully saturated rings. The SMILES string of the molecule is O=C1CC[C@@H](C(=O)Nc2ccc(-n3nc(C(F)(F)F)cc3C(F)(F)F)cc2)O1. The number of hydrogen-bond acceptors (Lipinski definition) is 4. The second-order valence-electron chi connectivity index (χ2n) is 5.88. The van der Waals surface area contributed by atoms with Crippen molar-refractivity contribution in [1.29, 1.82) is 0 Å². The first-order valence-electron chi connectivity index (χ1n) is 7.80. The van der Waals surface area contributed by atoms with E-state index >= 15 is 0 Å². The molecule has 1 aromatic heterocycles. The van der Waals surface area contributed by atoms with Crippen LogP contribution in [0.5, 0.6) is 0 Å². The van der Waals surface area contributed by atoms with Crippen molar-refractivity contribution >= 4 is 17.6 Å². The lowest BCUT2D eigenvalue weighted by Gasteiger charge is -2.12. The molecule has 0 bridgehead atoms. The van der Waals surface area contributed by atoms with E-state index in [4.69, 9.17) is 4.74 Å². The Morgan fingerprint density at radius 3 is 2.25 bits per heavy atom. The van der Waals surface area contributed by atoms with Crippen molar-refractivity contribution in [2.75, 3.05) is 5.32 Å². The van der Waals surface area contributed by atoms with Gasteiger partial charge in [-0.3, -0.25) is 9.59 Å². The van der Waals surface area contributed by atoms with Gasteiger partial charge >= 0.3 is 18.3 Å². The maximum Gasteiger partial charge on any atom is 0.435 e. The van der Waals surface area contributed by atoms with Gasteiger partial charge in [-0.15, -0.1) is 0 Å². The minimum absolute atomic E-state index is 0.0792. The van der Waals surface area contributed by atoms with Crippen LogP contribution in [0.1, 0.15) is 24.2 Å². The highest BCUT2D eigenvalue weighted by Gasteiger charge is 2.42. The van der Waals surface area contributed by atoms with Gasteiger partial charge in [0, 0.05) is 24.6 Å². The lowest BCUT2D eigenvalue weighted by Crippen LogP contribution is -2.27. The molecular weight excluding hydrogens is 396 g/mol. The van der Waals surface area contributed by atoms with E-state index in [1.54, 1.807) is 0 Å². The summed E-state index contributed by atoms with van der Waals surface area (Å²) in [5.41, 5.74) is -3.39. The number of carbonyl (C=O) groups excluding carboxylic acids is 2. The molecule has 1 aliphatic rings. The number of ether oxygens (including phenoxy) is 1. The summed E-state index contributed by atoms with van der Waals surface area (Å²) in [6.45, 7) is 0. The van der Waals surface area contributed by atoms with Crippen LogP contribution in [0, 0.1) is 0 Å². The molecule has 150 valence electrons. The van der Waals surface area contributed by atoms with Crippen molar-refractivity contribution in [1.82, 2.24) is 9.78 Å². The average Bonchev–Trinajstić information content (AvgIpc) is 3.21. The Morgan fingerprint density at radius 2 is 1.75 bits per heavy atom. The third-order valence-corrected chi connectivity index (χ3v) is 3.85. The Bertz CT molecular complexity index is 902. The van der Waals surface area contributed by atoms with Crippen LogP contribution >= 0.6 is 0 Å². The molecule has 1 aromatic carbocycles. The number of rotatable bonds is 3. The third-order valence-electron chi connectivity index (χ3n) is 3.85. The van der Waals surface area contributed by atoms with Gasteiger partial charge in [0.05, 0.1) is 5.69 Å². The van der Waals surface area contributed by atoms with Gasteiger partial charge in [0.25, 0.3) is 5.91 Å². The standard InChI is InChI=1S/C16H11F6N3O3/c17-15(18,19)11-7-12(16(20,21)22)25(24-11)9-3-1-8(2-4-9)23-14(27)10-5-6-13(26)28-10/h1-4,7,10H,5-6H2,(H,23,27)/t10-/m0/s1. The van der Waals surface area contributed by atoms with E-state index in [0.717, 1.165) is 12.1 Å². The van der Waals surface area contributed by atoms with Crippen LogP contribution in [0.15, 0.2) is 30.3 Å². The quantitative estimate of drug-likeness (QED) is 0.624. The van der Waals surface area contributed by atoms with E-state index in [0.29, 0.717) is 0 Å². The van der Waals surface area contributed by atoms with Crippen LogP contribution in [-0.4, -0.2) is 27.8 Å². The molecule has 1 atom stereocenters. The summed E-state index contributed by atoms with van der Waals surface area (Å²) < 4.78 is 82.3. The fourth-order valence-electron chi connectivity index (χ4n) is 2.54. The topological polar surface area (TPSA) is 73.2 Å². The molecule has 0 spiro atoms. The first-order valence-corrected chi connectivity index (χ1v) is 7.80. The van der Waals surface area contributed by atoms with Gasteiger partial charge in [0.2, 0.25) is 0 Å². The molecule has 1 amide bonds. The Hall–Kier alpha value is -3.05. The summed E-state index contributed by atoms with van der Waals surface area (Å²) in [6.07, 6.45) is -10.8. The molecule has 0 saturated carbocycles. The van der Waals surface area contributed by atoms with Crippen molar-refractivity contribution in [3.05, 3.63) is 41.7 Å². The normalized spacial score (nSPS) is 17.5. The van der Waals surface area contributed by atoms with Crippen LogP contribution in [0.4, 0.5) is 32.0 Å². The van der Waals surface area contributed by atoms with E-state index in [1.807, 2.05) is 0 Å². The summed E-state index contributed by atoms with van der Waals surface area (Å²) in [4.78, 5) is 22.9. The Morgan fingerprint density at radius 1 is 1.11 bits per heavy atom. The van der Waals surface area contributed by atoms with Gasteiger partial charge < -0.3 is 10.1 Å². The molecule has 0 aliphatic carbocycles. The van der Waals surface area contributed by atoms with Crippen LogP contribution in [0.2, 0.25) is 0 Å². The fourth-order valence-corrected chi connectivity index (χ4v) is 2.54. The van der Waals surface area contributed by atoms with Crippen LogP contribution in [-0.2, 0) is 26.7 Å². The summed E-state index contributed by atoms with van der Waals surface area (Å²) in [5, 5.41) is 5.42. The van der Waals surface area contributed by atoms with Gasteiger partial charge in [-0.1, -0.05) is 0 Å². The summed E-state index contributed by atoms with van der Waals surface area (Å²) in [6, 6.07) is 4.44. The minimum Gasteiger partial charge on any atom is -0.452 e. The van der Waals surface area contributed by atoms with E-state index in [-0.39, 0.29) is 35.0 Å². The minimum atomic E-state index is -5.06. The van der Waals surface area contributed by atoms with Crippen LogP contribution < -0.4 is 5.32 Å².